The molecule has 0 aliphatic heterocycles. The molecule has 0 atom stereocenters. The molecule has 2 aromatic rings. The SMILES string of the molecule is CC(C)OC(=O)c1cnn(-c2ccc(C=O)cc2)n1. The van der Waals surface area contributed by atoms with Gasteiger partial charge in [0.1, 0.15) is 6.29 Å². The summed E-state index contributed by atoms with van der Waals surface area (Å²) in [6.07, 6.45) is 1.90. The maximum absolute atomic E-state index is 11.6. The van der Waals surface area contributed by atoms with E-state index in [-0.39, 0.29) is 11.8 Å². The van der Waals surface area contributed by atoms with E-state index in [0.717, 1.165) is 6.29 Å². The van der Waals surface area contributed by atoms with Crippen molar-refractivity contribution >= 4 is 12.3 Å². The normalized spacial score (nSPS) is 10.5. The molecule has 0 bridgehead atoms. The Morgan fingerprint density at radius 2 is 2.00 bits per heavy atom. The lowest BCUT2D eigenvalue weighted by Gasteiger charge is -2.04. The second kappa shape index (κ2) is 5.43. The number of esters is 1. The zero-order valence-corrected chi connectivity index (χ0v) is 10.6. The van der Waals surface area contributed by atoms with Crippen molar-refractivity contribution < 1.29 is 14.3 Å². The van der Waals surface area contributed by atoms with E-state index in [1.807, 2.05) is 0 Å². The van der Waals surface area contributed by atoms with Crippen molar-refractivity contribution in [2.24, 2.45) is 0 Å². The van der Waals surface area contributed by atoms with Gasteiger partial charge in [-0.2, -0.15) is 9.90 Å². The monoisotopic (exact) mass is 259 g/mol. The van der Waals surface area contributed by atoms with Crippen molar-refractivity contribution in [1.29, 1.82) is 0 Å². The molecule has 6 heteroatoms. The number of aldehydes is 1. The summed E-state index contributed by atoms with van der Waals surface area (Å²) >= 11 is 0. The Bertz CT molecular complexity index is 587. The minimum atomic E-state index is -0.509. The molecule has 1 aromatic carbocycles. The first-order chi connectivity index (χ1) is 9.10. The van der Waals surface area contributed by atoms with Crippen LogP contribution in [0.4, 0.5) is 0 Å². The van der Waals surface area contributed by atoms with Crippen molar-refractivity contribution in [3.8, 4) is 5.69 Å². The lowest BCUT2D eigenvalue weighted by atomic mass is 10.2. The first-order valence-corrected chi connectivity index (χ1v) is 5.79. The third-order valence-electron chi connectivity index (χ3n) is 2.30. The Kier molecular flexibility index (Phi) is 3.70. The molecule has 98 valence electrons. The van der Waals surface area contributed by atoms with Gasteiger partial charge in [-0.25, -0.2) is 4.79 Å². The molecule has 0 aliphatic carbocycles. The summed E-state index contributed by atoms with van der Waals surface area (Å²) < 4.78 is 5.02. The lowest BCUT2D eigenvalue weighted by Crippen LogP contribution is -2.12. The largest absolute Gasteiger partial charge is 0.458 e. The highest BCUT2D eigenvalue weighted by atomic mass is 16.5. The van der Waals surface area contributed by atoms with E-state index in [9.17, 15) is 9.59 Å². The van der Waals surface area contributed by atoms with E-state index >= 15 is 0 Å². The number of benzene rings is 1. The summed E-state index contributed by atoms with van der Waals surface area (Å²) in [5.41, 5.74) is 1.37. The van der Waals surface area contributed by atoms with Crippen LogP contribution >= 0.6 is 0 Å². The summed E-state index contributed by atoms with van der Waals surface area (Å²) in [7, 11) is 0. The third-order valence-corrected chi connectivity index (χ3v) is 2.30. The molecule has 0 saturated carbocycles. The first-order valence-electron chi connectivity index (χ1n) is 5.79. The van der Waals surface area contributed by atoms with Crippen LogP contribution in [-0.4, -0.2) is 33.4 Å². The van der Waals surface area contributed by atoms with E-state index in [4.69, 9.17) is 4.74 Å². The van der Waals surface area contributed by atoms with E-state index in [2.05, 4.69) is 10.2 Å². The number of hydrogen-bond donors (Lipinski definition) is 0. The Balaban J connectivity index is 2.20. The quantitative estimate of drug-likeness (QED) is 0.616. The van der Waals surface area contributed by atoms with Crippen LogP contribution in [-0.2, 0) is 4.74 Å². The number of hydrogen-bond acceptors (Lipinski definition) is 5. The number of rotatable bonds is 4. The van der Waals surface area contributed by atoms with Crippen LogP contribution in [0, 0.1) is 0 Å². The molecule has 0 fully saturated rings. The minimum Gasteiger partial charge on any atom is -0.458 e. The number of nitrogens with zero attached hydrogens (tertiary/aromatic N) is 3. The van der Waals surface area contributed by atoms with Crippen LogP contribution in [0.25, 0.3) is 5.69 Å². The van der Waals surface area contributed by atoms with Gasteiger partial charge in [-0.3, -0.25) is 4.79 Å². The molecule has 0 aliphatic rings. The van der Waals surface area contributed by atoms with E-state index in [0.29, 0.717) is 11.3 Å². The van der Waals surface area contributed by atoms with Gasteiger partial charge in [-0.05, 0) is 38.1 Å². The van der Waals surface area contributed by atoms with E-state index in [1.165, 1.54) is 11.0 Å². The highest BCUT2D eigenvalue weighted by Crippen LogP contribution is 2.08. The van der Waals surface area contributed by atoms with Crippen LogP contribution in [0.1, 0.15) is 34.7 Å². The number of carbonyl (C=O) groups is 2. The van der Waals surface area contributed by atoms with Gasteiger partial charge in [0, 0.05) is 5.56 Å². The van der Waals surface area contributed by atoms with Crippen LogP contribution in [0.5, 0.6) is 0 Å². The summed E-state index contributed by atoms with van der Waals surface area (Å²) in [6, 6.07) is 6.69. The summed E-state index contributed by atoms with van der Waals surface area (Å²) in [5.74, 6) is -0.509. The molecule has 0 amide bonds. The molecule has 1 heterocycles. The van der Waals surface area contributed by atoms with Gasteiger partial charge >= 0.3 is 5.97 Å². The molecule has 0 N–H and O–H groups in total. The van der Waals surface area contributed by atoms with Crippen molar-refractivity contribution in [2.45, 2.75) is 20.0 Å². The number of ether oxygens (including phenoxy) is 1. The molecule has 6 nitrogen and oxygen atoms in total. The third kappa shape index (κ3) is 3.04. The second-order valence-electron chi connectivity index (χ2n) is 4.18. The lowest BCUT2D eigenvalue weighted by molar-refractivity contribution is 0.0370. The first kappa shape index (κ1) is 12.9. The topological polar surface area (TPSA) is 74.1 Å². The average Bonchev–Trinajstić information content (AvgIpc) is 2.88. The van der Waals surface area contributed by atoms with Gasteiger partial charge in [-0.15, -0.1) is 5.10 Å². The Morgan fingerprint density at radius 1 is 1.32 bits per heavy atom. The van der Waals surface area contributed by atoms with Gasteiger partial charge in [0.05, 0.1) is 18.0 Å². The van der Waals surface area contributed by atoms with E-state index < -0.39 is 5.97 Å². The van der Waals surface area contributed by atoms with Crippen LogP contribution in [0.2, 0.25) is 0 Å². The average molecular weight is 259 g/mol. The molecular weight excluding hydrogens is 246 g/mol. The highest BCUT2D eigenvalue weighted by molar-refractivity contribution is 5.86. The van der Waals surface area contributed by atoms with E-state index in [1.54, 1.807) is 38.1 Å². The molecule has 0 saturated heterocycles. The molecule has 0 spiro atoms. The Morgan fingerprint density at radius 3 is 2.58 bits per heavy atom. The smallest absolute Gasteiger partial charge is 0.360 e. The van der Waals surface area contributed by atoms with Crippen molar-refractivity contribution in [3.05, 3.63) is 41.7 Å². The summed E-state index contributed by atoms with van der Waals surface area (Å²) in [4.78, 5) is 23.5. The molecule has 0 radical (unpaired) electrons. The Labute approximate surface area is 110 Å². The molecule has 0 unspecified atom stereocenters. The highest BCUT2D eigenvalue weighted by Gasteiger charge is 2.14. The summed E-state index contributed by atoms with van der Waals surface area (Å²) in [5, 5.41) is 8.02. The molecular formula is C13H13N3O3. The standard InChI is InChI=1S/C13H13N3O3/c1-9(2)19-13(18)12-7-14-16(15-12)11-5-3-10(8-17)4-6-11/h3-9H,1-2H3. The van der Waals surface area contributed by atoms with Crippen LogP contribution < -0.4 is 0 Å². The predicted octanol–water partition coefficient (Wildman–Crippen LogP) is 1.64. The minimum absolute atomic E-state index is 0.146. The predicted molar refractivity (Wildman–Crippen MR) is 67.3 cm³/mol. The van der Waals surface area contributed by atoms with Crippen molar-refractivity contribution in [2.75, 3.05) is 0 Å². The van der Waals surface area contributed by atoms with Gasteiger partial charge in [-0.1, -0.05) is 0 Å². The van der Waals surface area contributed by atoms with Crippen molar-refractivity contribution in [1.82, 2.24) is 15.0 Å². The summed E-state index contributed by atoms with van der Waals surface area (Å²) in [6.45, 7) is 3.53. The maximum atomic E-state index is 11.6. The molecule has 1 aromatic heterocycles. The van der Waals surface area contributed by atoms with Crippen LogP contribution in [0.3, 0.4) is 0 Å². The maximum Gasteiger partial charge on any atom is 0.360 e. The zero-order chi connectivity index (χ0) is 13.8. The zero-order valence-electron chi connectivity index (χ0n) is 10.6. The molecule has 2 rings (SSSR count). The van der Waals surface area contributed by atoms with Crippen LogP contribution in [0.15, 0.2) is 30.5 Å². The van der Waals surface area contributed by atoms with Gasteiger partial charge < -0.3 is 4.74 Å². The number of aromatic nitrogens is 3. The van der Waals surface area contributed by atoms with Crippen molar-refractivity contribution in [3.63, 3.8) is 0 Å². The molecule has 19 heavy (non-hydrogen) atoms. The fourth-order valence-corrected chi connectivity index (χ4v) is 1.44. The fourth-order valence-electron chi connectivity index (χ4n) is 1.44. The fraction of sp³-hybridized carbons (Fsp3) is 0.231. The second-order valence-corrected chi connectivity index (χ2v) is 4.18. The van der Waals surface area contributed by atoms with Gasteiger partial charge in [0.25, 0.3) is 0 Å². The van der Waals surface area contributed by atoms with Gasteiger partial charge in [0.2, 0.25) is 0 Å². The number of carbonyl (C=O) groups excluding carboxylic acids is 2. The Hall–Kier alpha value is -2.50. The van der Waals surface area contributed by atoms with Gasteiger partial charge in [0.15, 0.2) is 5.69 Å².